The first-order valence-corrected chi connectivity index (χ1v) is 12.8. The SMILES string of the molecule is Cc1ccc(C2(c3ccccc3)NC(=O)N(CC(=O)c3ccc(NC(=O)Nc4ccccc4C)cc3)C2=O)cc1. The number of hydrogen-bond donors (Lipinski definition) is 3. The van der Waals surface area contributed by atoms with Gasteiger partial charge in [-0.25, -0.2) is 9.59 Å². The third-order valence-electron chi connectivity index (χ3n) is 6.96. The van der Waals surface area contributed by atoms with E-state index in [2.05, 4.69) is 16.0 Å². The van der Waals surface area contributed by atoms with Crippen LogP contribution in [0, 0.1) is 13.8 Å². The molecule has 4 aromatic rings. The summed E-state index contributed by atoms with van der Waals surface area (Å²) < 4.78 is 0. The van der Waals surface area contributed by atoms with Crippen LogP contribution in [0.15, 0.2) is 103 Å². The van der Waals surface area contributed by atoms with Gasteiger partial charge >= 0.3 is 12.1 Å². The molecule has 4 aromatic carbocycles. The lowest BCUT2D eigenvalue weighted by Crippen LogP contribution is -2.45. The van der Waals surface area contributed by atoms with Crippen LogP contribution in [-0.4, -0.2) is 35.2 Å². The fraction of sp³-hybridized carbons (Fsp3) is 0.125. The number of Topliss-reactive ketones (excluding diaryl/α,β-unsaturated/α-hetero) is 1. The topological polar surface area (TPSA) is 108 Å². The second kappa shape index (κ2) is 10.9. The van der Waals surface area contributed by atoms with Crippen molar-refractivity contribution in [3.05, 3.63) is 131 Å². The molecule has 8 nitrogen and oxygen atoms in total. The van der Waals surface area contributed by atoms with E-state index in [1.165, 1.54) is 0 Å². The molecule has 5 rings (SSSR count). The van der Waals surface area contributed by atoms with Crippen LogP contribution in [0.1, 0.15) is 32.6 Å². The lowest BCUT2D eigenvalue weighted by molar-refractivity contribution is -0.129. The van der Waals surface area contributed by atoms with Crippen molar-refractivity contribution in [2.45, 2.75) is 19.4 Å². The molecule has 1 heterocycles. The Hall–Kier alpha value is -5.24. The Morgan fingerprint density at radius 3 is 2.05 bits per heavy atom. The number of ketones is 1. The molecule has 0 radical (unpaired) electrons. The maximum absolute atomic E-state index is 13.9. The van der Waals surface area contributed by atoms with Gasteiger partial charge in [0, 0.05) is 16.9 Å². The van der Waals surface area contributed by atoms with Crippen molar-refractivity contribution < 1.29 is 19.2 Å². The Balaban J connectivity index is 1.31. The molecule has 1 saturated heterocycles. The van der Waals surface area contributed by atoms with Crippen LogP contribution in [-0.2, 0) is 10.3 Å². The molecule has 1 atom stereocenters. The van der Waals surface area contributed by atoms with E-state index in [-0.39, 0.29) is 0 Å². The van der Waals surface area contributed by atoms with Crippen LogP contribution < -0.4 is 16.0 Å². The Labute approximate surface area is 232 Å². The lowest BCUT2D eigenvalue weighted by Gasteiger charge is -2.28. The first-order chi connectivity index (χ1) is 19.3. The molecule has 8 heteroatoms. The third kappa shape index (κ3) is 5.07. The second-order valence-electron chi connectivity index (χ2n) is 9.70. The maximum atomic E-state index is 13.9. The van der Waals surface area contributed by atoms with Crippen LogP contribution in [0.25, 0.3) is 0 Å². The molecule has 0 saturated carbocycles. The third-order valence-corrected chi connectivity index (χ3v) is 6.96. The van der Waals surface area contributed by atoms with Gasteiger partial charge in [0.05, 0.1) is 6.54 Å². The fourth-order valence-electron chi connectivity index (χ4n) is 4.74. The quantitative estimate of drug-likeness (QED) is 0.212. The Kier molecular flexibility index (Phi) is 7.16. The lowest BCUT2D eigenvalue weighted by atomic mass is 9.82. The summed E-state index contributed by atoms with van der Waals surface area (Å²) in [6.07, 6.45) is 0. The average molecular weight is 533 g/mol. The largest absolute Gasteiger partial charge is 0.325 e. The summed E-state index contributed by atoms with van der Waals surface area (Å²) in [5.41, 5.74) is 3.20. The van der Waals surface area contributed by atoms with Crippen molar-refractivity contribution in [3.63, 3.8) is 0 Å². The number of nitrogens with zero attached hydrogens (tertiary/aromatic N) is 1. The molecule has 0 spiro atoms. The second-order valence-corrected chi connectivity index (χ2v) is 9.70. The Morgan fingerprint density at radius 2 is 1.38 bits per heavy atom. The minimum absolute atomic E-state index is 0.304. The van der Waals surface area contributed by atoms with Gasteiger partial charge in [-0.1, -0.05) is 78.4 Å². The van der Waals surface area contributed by atoms with Crippen LogP contribution in [0.3, 0.4) is 0 Å². The summed E-state index contributed by atoms with van der Waals surface area (Å²) >= 11 is 0. The highest BCUT2D eigenvalue weighted by Crippen LogP contribution is 2.36. The van der Waals surface area contributed by atoms with E-state index in [4.69, 9.17) is 0 Å². The molecule has 200 valence electrons. The number of nitrogens with one attached hydrogen (secondary N) is 3. The molecule has 0 bridgehead atoms. The highest BCUT2D eigenvalue weighted by molar-refractivity contribution is 6.13. The molecule has 1 aliphatic heterocycles. The number of urea groups is 2. The number of imide groups is 1. The minimum atomic E-state index is -1.44. The molecule has 40 heavy (non-hydrogen) atoms. The maximum Gasteiger partial charge on any atom is 0.325 e. The Morgan fingerprint density at radius 1 is 0.750 bits per heavy atom. The van der Waals surface area contributed by atoms with Crippen molar-refractivity contribution in [2.75, 3.05) is 17.2 Å². The number of rotatable bonds is 7. The van der Waals surface area contributed by atoms with Gasteiger partial charge < -0.3 is 16.0 Å². The van der Waals surface area contributed by atoms with Crippen LogP contribution in [0.5, 0.6) is 0 Å². The molecule has 0 aliphatic carbocycles. The van der Waals surface area contributed by atoms with Gasteiger partial charge in [0.1, 0.15) is 0 Å². The van der Waals surface area contributed by atoms with Crippen LogP contribution in [0.2, 0.25) is 0 Å². The van der Waals surface area contributed by atoms with Gasteiger partial charge in [-0.3, -0.25) is 14.5 Å². The van der Waals surface area contributed by atoms with Crippen molar-refractivity contribution >= 4 is 35.1 Å². The minimum Gasteiger partial charge on any atom is -0.315 e. The van der Waals surface area contributed by atoms with Crippen LogP contribution >= 0.6 is 0 Å². The molecule has 1 aliphatic rings. The molecule has 5 amide bonds. The van der Waals surface area contributed by atoms with E-state index in [1.807, 2.05) is 62.4 Å². The smallest absolute Gasteiger partial charge is 0.315 e. The number of benzene rings is 4. The predicted molar refractivity (Wildman–Crippen MR) is 153 cm³/mol. The van der Waals surface area contributed by atoms with Gasteiger partial charge in [-0.15, -0.1) is 0 Å². The van der Waals surface area contributed by atoms with Crippen molar-refractivity contribution in [1.29, 1.82) is 0 Å². The molecular formula is C32H28N4O4. The highest BCUT2D eigenvalue weighted by atomic mass is 16.2. The summed E-state index contributed by atoms with van der Waals surface area (Å²) in [6, 6.07) is 29.0. The van der Waals surface area contributed by atoms with Crippen molar-refractivity contribution in [1.82, 2.24) is 10.2 Å². The first-order valence-electron chi connectivity index (χ1n) is 12.8. The zero-order valence-corrected chi connectivity index (χ0v) is 22.1. The zero-order valence-electron chi connectivity index (χ0n) is 22.1. The summed E-state index contributed by atoms with van der Waals surface area (Å²) in [6.45, 7) is 3.41. The summed E-state index contributed by atoms with van der Waals surface area (Å²) in [5.74, 6) is -0.931. The number of para-hydroxylation sites is 1. The van der Waals surface area contributed by atoms with E-state index >= 15 is 0 Å². The fourth-order valence-corrected chi connectivity index (χ4v) is 4.74. The first kappa shape index (κ1) is 26.4. The highest BCUT2D eigenvalue weighted by Gasteiger charge is 2.54. The number of anilines is 2. The number of aryl methyl sites for hydroxylation is 2. The summed E-state index contributed by atoms with van der Waals surface area (Å²) in [5, 5.41) is 8.38. The molecule has 0 aromatic heterocycles. The monoisotopic (exact) mass is 532 g/mol. The molecular weight excluding hydrogens is 504 g/mol. The van der Waals surface area contributed by atoms with E-state index < -0.39 is 35.8 Å². The summed E-state index contributed by atoms with van der Waals surface area (Å²) in [7, 11) is 0. The number of amides is 5. The van der Waals surface area contributed by atoms with Crippen LogP contribution in [0.4, 0.5) is 21.0 Å². The van der Waals surface area contributed by atoms with E-state index in [0.29, 0.717) is 28.1 Å². The van der Waals surface area contributed by atoms with Gasteiger partial charge in [0.25, 0.3) is 5.91 Å². The number of carbonyl (C=O) groups excluding carboxylic acids is 4. The number of hydrogen-bond acceptors (Lipinski definition) is 4. The Bertz CT molecular complexity index is 1580. The van der Waals surface area contributed by atoms with Crippen molar-refractivity contribution in [3.8, 4) is 0 Å². The standard InChI is InChI=1S/C32H28N4O4/c1-21-12-16-25(17-13-21)32(24-9-4-3-5-10-24)29(38)36(31(40)35-32)20-28(37)23-14-18-26(19-15-23)33-30(39)34-27-11-7-6-8-22(27)2/h3-19H,20H2,1-2H3,(H,35,40)(H2,33,34,39). The van der Waals surface area contributed by atoms with Crippen molar-refractivity contribution in [2.24, 2.45) is 0 Å². The van der Waals surface area contributed by atoms with Gasteiger partial charge in [-0.05, 0) is 60.9 Å². The van der Waals surface area contributed by atoms with E-state index in [9.17, 15) is 19.2 Å². The van der Waals surface area contributed by atoms with Gasteiger partial charge in [-0.2, -0.15) is 0 Å². The van der Waals surface area contributed by atoms with Gasteiger partial charge in [0.2, 0.25) is 0 Å². The van der Waals surface area contributed by atoms with E-state index in [0.717, 1.165) is 16.0 Å². The molecule has 1 fully saturated rings. The van der Waals surface area contributed by atoms with E-state index in [1.54, 1.807) is 54.6 Å². The number of carbonyl (C=O) groups is 4. The molecule has 1 unspecified atom stereocenters. The average Bonchev–Trinajstić information content (AvgIpc) is 3.21. The van der Waals surface area contributed by atoms with Gasteiger partial charge in [0.15, 0.2) is 11.3 Å². The zero-order chi connectivity index (χ0) is 28.3. The summed E-state index contributed by atoms with van der Waals surface area (Å²) in [4.78, 5) is 53.5. The predicted octanol–water partition coefficient (Wildman–Crippen LogP) is 5.63. The molecule has 3 N–H and O–H groups in total. The normalized spacial score (nSPS) is 16.4.